The largest absolute Gasteiger partial charge is 0.381 e. The lowest BCUT2D eigenvalue weighted by Crippen LogP contribution is -2.45. The molecule has 3 rings (SSSR count). The summed E-state index contributed by atoms with van der Waals surface area (Å²) in [4.78, 5) is 12.9. The van der Waals surface area contributed by atoms with E-state index in [2.05, 4.69) is 16.4 Å². The van der Waals surface area contributed by atoms with E-state index in [0.29, 0.717) is 0 Å². The molecule has 1 aliphatic carbocycles. The van der Waals surface area contributed by atoms with Crippen LogP contribution in [0.3, 0.4) is 0 Å². The van der Waals surface area contributed by atoms with Crippen LogP contribution in [0.4, 0.5) is 0 Å². The van der Waals surface area contributed by atoms with Gasteiger partial charge in [-0.05, 0) is 26.0 Å². The minimum atomic E-state index is -0.138. The molecule has 0 fully saturated rings. The predicted octanol–water partition coefficient (Wildman–Crippen LogP) is 1.37. The van der Waals surface area contributed by atoms with Crippen LogP contribution in [0.25, 0.3) is 0 Å². The minimum absolute atomic E-state index is 0.00907. The Hall–Kier alpha value is -2.04. The van der Waals surface area contributed by atoms with Crippen LogP contribution >= 0.6 is 0 Å². The van der Waals surface area contributed by atoms with Crippen LogP contribution < -0.4 is 0 Å². The van der Waals surface area contributed by atoms with E-state index >= 15 is 0 Å². The molecule has 16 heavy (non-hydrogen) atoms. The lowest BCUT2D eigenvalue weighted by molar-refractivity contribution is -0.658. The second-order valence-corrected chi connectivity index (χ2v) is 4.06. The maximum Gasteiger partial charge on any atom is 0.381 e. The van der Waals surface area contributed by atoms with Gasteiger partial charge in [0.05, 0.1) is 16.9 Å². The summed E-state index contributed by atoms with van der Waals surface area (Å²) in [5.74, 6) is -0.138. The second kappa shape index (κ2) is 2.98. The van der Waals surface area contributed by atoms with Crippen molar-refractivity contribution in [2.75, 3.05) is 0 Å². The summed E-state index contributed by atoms with van der Waals surface area (Å²) in [6.45, 7) is 3.93. The zero-order valence-electron chi connectivity index (χ0n) is 9.08. The van der Waals surface area contributed by atoms with Gasteiger partial charge in [-0.1, -0.05) is 11.6 Å². The third kappa shape index (κ3) is 1.11. The molecule has 0 radical (unpaired) electrons. The molecule has 2 aliphatic heterocycles. The van der Waals surface area contributed by atoms with Gasteiger partial charge in [0.2, 0.25) is 5.71 Å². The fraction of sp³-hybridized carbons (Fsp3) is 0.273. The quantitative estimate of drug-likeness (QED) is 0.573. The van der Waals surface area contributed by atoms with Crippen LogP contribution in [0.2, 0.25) is 0 Å². The fourth-order valence-corrected chi connectivity index (χ4v) is 2.07. The van der Waals surface area contributed by atoms with Crippen molar-refractivity contribution in [1.82, 2.24) is 5.01 Å². The Labute approximate surface area is 92.7 Å². The van der Waals surface area contributed by atoms with Crippen LogP contribution in [0, 0.1) is 0 Å². The summed E-state index contributed by atoms with van der Waals surface area (Å²) in [5, 5.41) is 9.81. The molecule has 5 heteroatoms. The van der Waals surface area contributed by atoms with Crippen molar-refractivity contribution in [2.45, 2.75) is 19.9 Å². The molecular weight excluding hydrogens is 204 g/mol. The average Bonchev–Trinajstić information content (AvgIpc) is 2.54. The number of carbonyl (C=O) groups excluding carboxylic acids is 1. The molecule has 3 aliphatic rings. The predicted molar refractivity (Wildman–Crippen MR) is 57.4 cm³/mol. The van der Waals surface area contributed by atoms with Gasteiger partial charge in [0.1, 0.15) is 0 Å². The Morgan fingerprint density at radius 3 is 3.00 bits per heavy atom. The molecule has 0 spiro atoms. The summed E-state index contributed by atoms with van der Waals surface area (Å²) in [6, 6.07) is -0.00907. The van der Waals surface area contributed by atoms with Crippen LogP contribution in [0.15, 0.2) is 45.9 Å². The molecule has 1 unspecified atom stereocenters. The molecule has 0 bridgehead atoms. The summed E-state index contributed by atoms with van der Waals surface area (Å²) >= 11 is 0. The molecule has 1 atom stereocenters. The maximum absolute atomic E-state index is 11.6. The number of hydrogen-bond donors (Lipinski definition) is 0. The first kappa shape index (κ1) is 9.21. The molecule has 0 saturated heterocycles. The van der Waals surface area contributed by atoms with Crippen LogP contribution in [0.5, 0.6) is 0 Å². The monoisotopic (exact) mass is 215 g/mol. The molecule has 0 aromatic heterocycles. The van der Waals surface area contributed by atoms with Gasteiger partial charge in [-0.25, -0.2) is 4.79 Å². The number of carbonyl (C=O) groups is 1. The van der Waals surface area contributed by atoms with Gasteiger partial charge in [0.15, 0.2) is 11.3 Å². The normalized spacial score (nSPS) is 26.8. The SMILES string of the molecule is CC1=CC2C(=NN=[N+]3C(=O)C=C(C)N23)C=C1. The smallest absolute Gasteiger partial charge is 0.237 e. The summed E-state index contributed by atoms with van der Waals surface area (Å²) < 4.78 is 0. The molecule has 5 nitrogen and oxygen atoms in total. The van der Waals surface area contributed by atoms with Gasteiger partial charge in [-0.15, -0.1) is 0 Å². The molecule has 2 heterocycles. The van der Waals surface area contributed by atoms with Gasteiger partial charge < -0.3 is 0 Å². The van der Waals surface area contributed by atoms with E-state index in [-0.39, 0.29) is 11.9 Å². The van der Waals surface area contributed by atoms with Crippen molar-refractivity contribution >= 4 is 11.6 Å². The number of rotatable bonds is 0. The maximum atomic E-state index is 11.6. The summed E-state index contributed by atoms with van der Waals surface area (Å²) in [5.41, 5.74) is 2.92. The van der Waals surface area contributed by atoms with E-state index in [9.17, 15) is 4.79 Å². The van der Waals surface area contributed by atoms with Crippen molar-refractivity contribution in [1.29, 1.82) is 0 Å². The minimum Gasteiger partial charge on any atom is -0.237 e. The van der Waals surface area contributed by atoms with Crippen molar-refractivity contribution < 1.29 is 9.60 Å². The highest BCUT2D eigenvalue weighted by atomic mass is 16.2. The molecular formula is C11H11N4O+. The van der Waals surface area contributed by atoms with Crippen molar-refractivity contribution in [3.63, 3.8) is 0 Å². The molecule has 0 N–H and O–H groups in total. The van der Waals surface area contributed by atoms with E-state index < -0.39 is 0 Å². The first-order chi connectivity index (χ1) is 7.66. The highest BCUT2D eigenvalue weighted by Crippen LogP contribution is 2.25. The van der Waals surface area contributed by atoms with Gasteiger partial charge in [0, 0.05) is 4.81 Å². The first-order valence-electron chi connectivity index (χ1n) is 5.13. The molecule has 0 saturated carbocycles. The number of amides is 1. The highest BCUT2D eigenvalue weighted by Gasteiger charge is 2.42. The van der Waals surface area contributed by atoms with Crippen LogP contribution in [-0.2, 0) is 4.79 Å². The molecule has 0 aromatic rings. The zero-order chi connectivity index (χ0) is 11.3. The Balaban J connectivity index is 2.12. The number of hydrogen-bond acceptors (Lipinski definition) is 4. The highest BCUT2D eigenvalue weighted by molar-refractivity contribution is 6.02. The molecule has 0 aromatic carbocycles. The fourth-order valence-electron chi connectivity index (χ4n) is 2.07. The van der Waals surface area contributed by atoms with E-state index in [1.807, 2.05) is 31.0 Å². The van der Waals surface area contributed by atoms with E-state index in [0.717, 1.165) is 17.0 Å². The number of nitrogens with zero attached hydrogens (tertiary/aromatic N) is 4. The van der Waals surface area contributed by atoms with E-state index in [1.54, 1.807) is 6.08 Å². The average molecular weight is 215 g/mol. The van der Waals surface area contributed by atoms with Gasteiger partial charge in [-0.2, -0.15) is 5.01 Å². The molecule has 80 valence electrons. The lowest BCUT2D eigenvalue weighted by atomic mass is 10.0. The van der Waals surface area contributed by atoms with Crippen molar-refractivity contribution in [3.8, 4) is 0 Å². The third-order valence-corrected chi connectivity index (χ3v) is 2.84. The van der Waals surface area contributed by atoms with Gasteiger partial charge in [0.25, 0.3) is 0 Å². The Morgan fingerprint density at radius 2 is 2.19 bits per heavy atom. The Bertz CT molecular complexity index is 536. The number of fused-ring (bicyclic) bond motifs is 3. The summed E-state index contributed by atoms with van der Waals surface area (Å²) in [7, 11) is 0. The van der Waals surface area contributed by atoms with E-state index in [1.165, 1.54) is 4.81 Å². The van der Waals surface area contributed by atoms with Crippen LogP contribution in [0.1, 0.15) is 13.8 Å². The Kier molecular flexibility index (Phi) is 1.71. The van der Waals surface area contributed by atoms with Crippen molar-refractivity contribution in [3.05, 3.63) is 35.6 Å². The Morgan fingerprint density at radius 1 is 1.38 bits per heavy atom. The lowest BCUT2D eigenvalue weighted by Gasteiger charge is -2.25. The number of hydrazine groups is 1. The topological polar surface area (TPSA) is 48.0 Å². The van der Waals surface area contributed by atoms with Crippen molar-refractivity contribution in [2.24, 2.45) is 10.3 Å². The second-order valence-electron chi connectivity index (χ2n) is 4.06. The third-order valence-electron chi connectivity index (χ3n) is 2.84. The van der Waals surface area contributed by atoms with Crippen LogP contribution in [-0.4, -0.2) is 27.5 Å². The van der Waals surface area contributed by atoms with Gasteiger partial charge in [-0.3, -0.25) is 0 Å². The van der Waals surface area contributed by atoms with Gasteiger partial charge >= 0.3 is 5.91 Å². The van der Waals surface area contributed by atoms with E-state index in [4.69, 9.17) is 0 Å². The number of allylic oxidation sites excluding steroid dienone is 3. The molecule has 1 amide bonds. The summed E-state index contributed by atoms with van der Waals surface area (Å²) in [6.07, 6.45) is 7.59. The zero-order valence-corrected chi connectivity index (χ0v) is 9.08. The first-order valence-corrected chi connectivity index (χ1v) is 5.13. The standard InChI is InChI=1S/C11H11N4O/c1-7-3-4-9-10(5-7)14-8(2)6-11(16)15(14)13-12-9/h3-6,10H,1-2H3/q+1.